The minimum atomic E-state index is -1.07. The van der Waals surface area contributed by atoms with Crippen molar-refractivity contribution in [1.82, 2.24) is 10.6 Å². The van der Waals surface area contributed by atoms with Crippen LogP contribution in [0.1, 0.15) is 68.7 Å². The summed E-state index contributed by atoms with van der Waals surface area (Å²) in [5.74, 6) is -0.579. The van der Waals surface area contributed by atoms with Crippen LogP contribution in [0.5, 0.6) is 0 Å². The standard InChI is InChI=1S/C26H38N4O6/c1-4-16(2)11-20(36-15-24(31)32)14-35-17(3)23(13-27)30(34)29-26(33)28-25-21-9-5-7-18(21)12-19-8-6-10-22(19)25/h12-13,16,20,27,34H,4-11,14-15H2,1-3H3,(H,31,32)(H2,28,29,33)/b23-17-,27-13?/t16-,20?/m1/s1. The second-order valence-electron chi connectivity index (χ2n) is 9.58. The summed E-state index contributed by atoms with van der Waals surface area (Å²) < 4.78 is 11.2. The van der Waals surface area contributed by atoms with Crippen molar-refractivity contribution in [1.29, 1.82) is 5.41 Å². The number of amides is 2. The van der Waals surface area contributed by atoms with E-state index in [1.807, 2.05) is 13.8 Å². The Bertz CT molecular complexity index is 976. The molecule has 2 atom stereocenters. The van der Waals surface area contributed by atoms with Gasteiger partial charge in [0.25, 0.3) is 0 Å². The minimum Gasteiger partial charge on any atom is -0.493 e. The SMILES string of the molecule is CC[C@@H](C)CC(CO/C(C)=C(/C=N)N(O)NC(=O)Nc1c2c(cc3c1CCC3)CCC2)OCC(=O)O. The van der Waals surface area contributed by atoms with E-state index in [0.717, 1.165) is 56.8 Å². The van der Waals surface area contributed by atoms with Crippen LogP contribution in [0.2, 0.25) is 0 Å². The molecule has 2 amide bonds. The van der Waals surface area contributed by atoms with E-state index < -0.39 is 24.7 Å². The number of nitrogens with zero attached hydrogens (tertiary/aromatic N) is 1. The van der Waals surface area contributed by atoms with Crippen molar-refractivity contribution < 1.29 is 29.4 Å². The molecule has 0 fully saturated rings. The molecule has 0 spiro atoms. The quantitative estimate of drug-likeness (QED) is 0.154. The van der Waals surface area contributed by atoms with Gasteiger partial charge in [0.1, 0.15) is 24.7 Å². The summed E-state index contributed by atoms with van der Waals surface area (Å²) in [6.45, 7) is 5.24. The Labute approximate surface area is 212 Å². The first-order valence-electron chi connectivity index (χ1n) is 12.6. The third kappa shape index (κ3) is 6.98. The number of anilines is 1. The number of allylic oxidation sites excluding steroid dienone is 2. The molecule has 0 aliphatic heterocycles. The summed E-state index contributed by atoms with van der Waals surface area (Å²) in [6.07, 6.45) is 7.89. The zero-order chi connectivity index (χ0) is 26.2. The molecule has 198 valence electrons. The Hall–Kier alpha value is -3.11. The molecule has 0 saturated heterocycles. The highest BCUT2D eigenvalue weighted by molar-refractivity contribution is 5.92. The molecule has 1 aromatic rings. The summed E-state index contributed by atoms with van der Waals surface area (Å²) in [6, 6.07) is 1.66. The van der Waals surface area contributed by atoms with Gasteiger partial charge in [-0.1, -0.05) is 26.3 Å². The van der Waals surface area contributed by atoms with Gasteiger partial charge in [0.2, 0.25) is 0 Å². The van der Waals surface area contributed by atoms with E-state index >= 15 is 0 Å². The molecule has 36 heavy (non-hydrogen) atoms. The number of benzene rings is 1. The lowest BCUT2D eigenvalue weighted by molar-refractivity contribution is -0.145. The largest absolute Gasteiger partial charge is 0.493 e. The van der Waals surface area contributed by atoms with Gasteiger partial charge >= 0.3 is 12.0 Å². The fourth-order valence-corrected chi connectivity index (χ4v) is 4.86. The van der Waals surface area contributed by atoms with Crippen LogP contribution < -0.4 is 10.7 Å². The zero-order valence-electron chi connectivity index (χ0n) is 21.4. The van der Waals surface area contributed by atoms with Crippen LogP contribution in [0.4, 0.5) is 10.5 Å². The molecule has 10 heteroatoms. The number of hydrogen-bond donors (Lipinski definition) is 5. The van der Waals surface area contributed by atoms with Gasteiger partial charge in [0, 0.05) is 11.9 Å². The van der Waals surface area contributed by atoms with E-state index in [2.05, 4.69) is 16.8 Å². The first-order valence-corrected chi connectivity index (χ1v) is 12.6. The van der Waals surface area contributed by atoms with E-state index in [9.17, 15) is 14.8 Å². The average molecular weight is 503 g/mol. The molecule has 0 heterocycles. The van der Waals surface area contributed by atoms with Crippen molar-refractivity contribution in [3.63, 3.8) is 0 Å². The van der Waals surface area contributed by atoms with Crippen molar-refractivity contribution in [2.24, 2.45) is 5.92 Å². The zero-order valence-corrected chi connectivity index (χ0v) is 21.4. The molecular formula is C26H38N4O6. The van der Waals surface area contributed by atoms with Crippen molar-refractivity contribution in [2.45, 2.75) is 78.2 Å². The highest BCUT2D eigenvalue weighted by Gasteiger charge is 2.25. The number of rotatable bonds is 13. The number of nitrogens with one attached hydrogen (secondary N) is 3. The number of carboxylic acids is 1. The molecule has 0 saturated carbocycles. The third-order valence-electron chi connectivity index (χ3n) is 6.94. The normalized spacial score (nSPS) is 16.3. The van der Waals surface area contributed by atoms with Gasteiger partial charge in [-0.3, -0.25) is 5.21 Å². The molecule has 3 rings (SSSR count). The first-order chi connectivity index (χ1) is 17.2. The van der Waals surface area contributed by atoms with Crippen molar-refractivity contribution in [3.8, 4) is 0 Å². The van der Waals surface area contributed by atoms with E-state index in [4.69, 9.17) is 20.0 Å². The lowest BCUT2D eigenvalue weighted by Crippen LogP contribution is -2.43. The number of aryl methyl sites for hydroxylation is 2. The maximum Gasteiger partial charge on any atom is 0.339 e. The lowest BCUT2D eigenvalue weighted by atomic mass is 9.99. The minimum absolute atomic E-state index is 0.0448. The molecule has 1 unspecified atom stereocenters. The molecular weight excluding hydrogens is 464 g/mol. The summed E-state index contributed by atoms with van der Waals surface area (Å²) in [5.41, 5.74) is 8.05. The Morgan fingerprint density at radius 1 is 1.19 bits per heavy atom. The van der Waals surface area contributed by atoms with Crippen LogP contribution in [0.15, 0.2) is 17.5 Å². The molecule has 2 aliphatic carbocycles. The van der Waals surface area contributed by atoms with Gasteiger partial charge < -0.3 is 25.3 Å². The second kappa shape index (κ2) is 12.7. The number of carboxylic acid groups (broad SMARTS) is 1. The van der Waals surface area contributed by atoms with Gasteiger partial charge in [-0.15, -0.1) is 0 Å². The molecule has 0 aromatic heterocycles. The van der Waals surface area contributed by atoms with Crippen LogP contribution in [0, 0.1) is 11.3 Å². The molecule has 10 nitrogen and oxygen atoms in total. The number of ether oxygens (including phenoxy) is 2. The van der Waals surface area contributed by atoms with Crippen LogP contribution in [-0.2, 0) is 40.0 Å². The number of hydroxylamine groups is 1. The van der Waals surface area contributed by atoms with Crippen LogP contribution >= 0.6 is 0 Å². The number of urea groups is 1. The van der Waals surface area contributed by atoms with E-state index in [1.54, 1.807) is 6.92 Å². The van der Waals surface area contributed by atoms with Gasteiger partial charge in [-0.2, -0.15) is 5.17 Å². The number of hydrazine groups is 1. The van der Waals surface area contributed by atoms with Crippen molar-refractivity contribution in [2.75, 3.05) is 18.5 Å². The van der Waals surface area contributed by atoms with E-state index in [0.29, 0.717) is 17.5 Å². The average Bonchev–Trinajstić information content (AvgIpc) is 3.50. The molecule has 0 radical (unpaired) electrons. The number of carbonyl (C=O) groups excluding carboxylic acids is 1. The summed E-state index contributed by atoms with van der Waals surface area (Å²) in [4.78, 5) is 23.7. The predicted octanol–water partition coefficient (Wildman–Crippen LogP) is 4.20. The molecule has 5 N–H and O–H groups in total. The monoisotopic (exact) mass is 502 g/mol. The smallest absolute Gasteiger partial charge is 0.339 e. The summed E-state index contributed by atoms with van der Waals surface area (Å²) in [7, 11) is 0. The number of aliphatic carboxylic acids is 1. The fraction of sp³-hybridized carbons (Fsp3) is 0.577. The van der Waals surface area contributed by atoms with Gasteiger partial charge in [0.05, 0.1) is 6.10 Å². The predicted molar refractivity (Wildman–Crippen MR) is 135 cm³/mol. The van der Waals surface area contributed by atoms with Gasteiger partial charge in [-0.25, -0.2) is 15.0 Å². The van der Waals surface area contributed by atoms with Crippen molar-refractivity contribution in [3.05, 3.63) is 39.8 Å². The Balaban J connectivity index is 1.64. The van der Waals surface area contributed by atoms with E-state index in [1.165, 1.54) is 22.3 Å². The van der Waals surface area contributed by atoms with Gasteiger partial charge in [-0.05, 0) is 80.0 Å². The van der Waals surface area contributed by atoms with Crippen LogP contribution in [-0.4, -0.2) is 53.0 Å². The number of carbonyl (C=O) groups is 2. The highest BCUT2D eigenvalue weighted by Crippen LogP contribution is 2.38. The highest BCUT2D eigenvalue weighted by atomic mass is 16.6. The summed E-state index contributed by atoms with van der Waals surface area (Å²) >= 11 is 0. The van der Waals surface area contributed by atoms with Crippen molar-refractivity contribution >= 4 is 23.9 Å². The van der Waals surface area contributed by atoms with E-state index in [-0.39, 0.29) is 18.1 Å². The Morgan fingerprint density at radius 2 is 1.83 bits per heavy atom. The maximum atomic E-state index is 12.8. The molecule has 2 aliphatic rings. The number of fused-ring (bicyclic) bond motifs is 2. The molecule has 0 bridgehead atoms. The topological polar surface area (TPSA) is 144 Å². The lowest BCUT2D eigenvalue weighted by Gasteiger charge is -2.24. The Kier molecular flexibility index (Phi) is 9.72. The van der Waals surface area contributed by atoms with Gasteiger partial charge in [0.15, 0.2) is 0 Å². The van der Waals surface area contributed by atoms with Crippen LogP contribution in [0.25, 0.3) is 0 Å². The maximum absolute atomic E-state index is 12.8. The number of hydrogen-bond acceptors (Lipinski definition) is 7. The molecule has 1 aromatic carbocycles. The van der Waals surface area contributed by atoms with Crippen LogP contribution in [0.3, 0.4) is 0 Å². The second-order valence-corrected chi connectivity index (χ2v) is 9.58. The third-order valence-corrected chi connectivity index (χ3v) is 6.94. The Morgan fingerprint density at radius 3 is 2.39 bits per heavy atom. The fourth-order valence-electron chi connectivity index (χ4n) is 4.86. The summed E-state index contributed by atoms with van der Waals surface area (Å²) in [5, 5.41) is 30.5. The first kappa shape index (κ1) is 27.5.